The van der Waals surface area contributed by atoms with Crippen LogP contribution in [0.5, 0.6) is 0 Å². The highest BCUT2D eigenvalue weighted by Gasteiger charge is 2.22. The van der Waals surface area contributed by atoms with Crippen LogP contribution in [0.25, 0.3) is 0 Å². The zero-order valence-corrected chi connectivity index (χ0v) is 14.9. The van der Waals surface area contributed by atoms with Gasteiger partial charge in [-0.15, -0.1) is 10.2 Å². The molecule has 2 aromatic rings. The maximum Gasteiger partial charge on any atom is 0.225 e. The first-order valence-electron chi connectivity index (χ1n) is 6.97. The van der Waals surface area contributed by atoms with Gasteiger partial charge in [0.1, 0.15) is 0 Å². The highest BCUT2D eigenvalue weighted by atomic mass is 79.9. The Hall–Kier alpha value is -1.12. The third kappa shape index (κ3) is 4.96. The highest BCUT2D eigenvalue weighted by Crippen LogP contribution is 2.30. The Balaban J connectivity index is 1.39. The standard InChI is InChI=1S/C14H15BrN4OS2/c15-9-1-3-10(4-2-9)16-12(20)7-8-21-14-19-18-13(22-14)17-11-5-6-11/h1-4,11H,5-8H2,(H,16,20)(H,17,18). The molecule has 1 saturated carbocycles. The summed E-state index contributed by atoms with van der Waals surface area (Å²) < 4.78 is 1.90. The lowest BCUT2D eigenvalue weighted by atomic mass is 10.3. The Morgan fingerprint density at radius 2 is 2.09 bits per heavy atom. The Morgan fingerprint density at radius 1 is 1.32 bits per heavy atom. The van der Waals surface area contributed by atoms with Gasteiger partial charge >= 0.3 is 0 Å². The summed E-state index contributed by atoms with van der Waals surface area (Å²) in [6.07, 6.45) is 2.89. The minimum atomic E-state index is 0.00988. The van der Waals surface area contributed by atoms with Gasteiger partial charge in [0.15, 0.2) is 4.34 Å². The third-order valence-electron chi connectivity index (χ3n) is 2.99. The first-order valence-corrected chi connectivity index (χ1v) is 9.57. The average Bonchev–Trinajstić information content (AvgIpc) is 3.20. The van der Waals surface area contributed by atoms with Crippen molar-refractivity contribution in [2.24, 2.45) is 0 Å². The monoisotopic (exact) mass is 398 g/mol. The molecular weight excluding hydrogens is 384 g/mol. The molecule has 2 N–H and O–H groups in total. The Bertz CT molecular complexity index is 643. The van der Waals surface area contributed by atoms with Crippen molar-refractivity contribution in [1.29, 1.82) is 0 Å². The lowest BCUT2D eigenvalue weighted by Gasteiger charge is -2.04. The van der Waals surface area contributed by atoms with Crippen LogP contribution in [0.15, 0.2) is 33.1 Å². The molecule has 5 nitrogen and oxygen atoms in total. The summed E-state index contributed by atoms with van der Waals surface area (Å²) >= 11 is 6.49. The SMILES string of the molecule is O=C(CCSc1nnc(NC2CC2)s1)Nc1ccc(Br)cc1. The van der Waals surface area contributed by atoms with Crippen molar-refractivity contribution < 1.29 is 4.79 Å². The van der Waals surface area contributed by atoms with E-state index < -0.39 is 0 Å². The molecule has 1 aromatic heterocycles. The predicted molar refractivity (Wildman–Crippen MR) is 94.7 cm³/mol. The number of benzene rings is 1. The van der Waals surface area contributed by atoms with Crippen molar-refractivity contribution in [3.05, 3.63) is 28.7 Å². The van der Waals surface area contributed by atoms with E-state index in [-0.39, 0.29) is 5.91 Å². The largest absolute Gasteiger partial charge is 0.357 e. The van der Waals surface area contributed by atoms with Gasteiger partial charge in [-0.05, 0) is 37.1 Å². The number of aromatic nitrogens is 2. The van der Waals surface area contributed by atoms with Crippen LogP contribution in [-0.4, -0.2) is 27.9 Å². The molecule has 1 amide bonds. The molecule has 1 aromatic carbocycles. The smallest absolute Gasteiger partial charge is 0.225 e. The summed E-state index contributed by atoms with van der Waals surface area (Å²) in [7, 11) is 0. The first kappa shape index (κ1) is 15.8. The molecule has 1 heterocycles. The Kier molecular flexibility index (Phi) is 5.32. The molecule has 22 heavy (non-hydrogen) atoms. The van der Waals surface area contributed by atoms with Crippen molar-refractivity contribution in [1.82, 2.24) is 10.2 Å². The van der Waals surface area contributed by atoms with Crippen LogP contribution in [0.1, 0.15) is 19.3 Å². The maximum absolute atomic E-state index is 11.9. The number of anilines is 2. The molecule has 0 saturated heterocycles. The van der Waals surface area contributed by atoms with E-state index in [1.54, 1.807) is 23.1 Å². The van der Waals surface area contributed by atoms with Crippen molar-refractivity contribution in [2.45, 2.75) is 29.6 Å². The predicted octanol–water partition coefficient (Wildman–Crippen LogP) is 4.00. The number of nitrogens with one attached hydrogen (secondary N) is 2. The number of hydrogen-bond acceptors (Lipinski definition) is 6. The summed E-state index contributed by atoms with van der Waals surface area (Å²) in [5.74, 6) is 0.705. The molecule has 1 aliphatic carbocycles. The van der Waals surface area contributed by atoms with Crippen LogP contribution in [0.4, 0.5) is 10.8 Å². The van der Waals surface area contributed by atoms with Gasteiger partial charge in [0.2, 0.25) is 11.0 Å². The molecule has 1 fully saturated rings. The summed E-state index contributed by atoms with van der Waals surface area (Å²) in [5, 5.41) is 15.3. The fraction of sp³-hybridized carbons (Fsp3) is 0.357. The number of carbonyl (C=O) groups excluding carboxylic acids is 1. The summed E-state index contributed by atoms with van der Waals surface area (Å²) in [6.45, 7) is 0. The zero-order valence-electron chi connectivity index (χ0n) is 11.7. The first-order chi connectivity index (χ1) is 10.7. The molecule has 0 aliphatic heterocycles. The topological polar surface area (TPSA) is 66.9 Å². The molecular formula is C14H15BrN4OS2. The number of rotatable bonds is 7. The second kappa shape index (κ2) is 7.43. The summed E-state index contributed by atoms with van der Waals surface area (Å²) in [6, 6.07) is 8.13. The maximum atomic E-state index is 11.9. The van der Waals surface area contributed by atoms with Gasteiger partial charge in [-0.1, -0.05) is 39.0 Å². The zero-order chi connectivity index (χ0) is 15.4. The van der Waals surface area contributed by atoms with E-state index in [0.717, 1.165) is 19.6 Å². The van der Waals surface area contributed by atoms with Gasteiger partial charge < -0.3 is 10.6 Å². The number of nitrogens with zero attached hydrogens (tertiary/aromatic N) is 2. The van der Waals surface area contributed by atoms with Crippen LogP contribution in [0.2, 0.25) is 0 Å². The molecule has 1 aliphatic rings. The second-order valence-electron chi connectivity index (χ2n) is 4.95. The van der Waals surface area contributed by atoms with Gasteiger partial charge in [-0.3, -0.25) is 4.79 Å². The highest BCUT2D eigenvalue weighted by molar-refractivity contribution is 9.10. The van der Waals surface area contributed by atoms with Crippen molar-refractivity contribution in [3.8, 4) is 0 Å². The van der Waals surface area contributed by atoms with E-state index in [9.17, 15) is 4.79 Å². The number of halogens is 1. The minimum Gasteiger partial charge on any atom is -0.357 e. The molecule has 116 valence electrons. The summed E-state index contributed by atoms with van der Waals surface area (Å²) in [4.78, 5) is 11.9. The van der Waals surface area contributed by atoms with Gasteiger partial charge in [0.05, 0.1) is 0 Å². The molecule has 0 bridgehead atoms. The van der Waals surface area contributed by atoms with Gasteiger partial charge in [-0.2, -0.15) is 0 Å². The summed E-state index contributed by atoms with van der Waals surface area (Å²) in [5.41, 5.74) is 0.810. The van der Waals surface area contributed by atoms with Gasteiger partial charge in [0.25, 0.3) is 0 Å². The van der Waals surface area contributed by atoms with E-state index in [1.165, 1.54) is 12.8 Å². The normalized spacial score (nSPS) is 13.9. The molecule has 0 radical (unpaired) electrons. The van der Waals surface area contributed by atoms with Crippen LogP contribution >= 0.6 is 39.0 Å². The fourth-order valence-corrected chi connectivity index (χ4v) is 3.82. The molecule has 0 atom stereocenters. The minimum absolute atomic E-state index is 0.00988. The van der Waals surface area contributed by atoms with E-state index in [4.69, 9.17) is 0 Å². The van der Waals surface area contributed by atoms with Crippen LogP contribution in [0.3, 0.4) is 0 Å². The number of amides is 1. The van der Waals surface area contributed by atoms with Crippen LogP contribution in [-0.2, 0) is 4.79 Å². The van der Waals surface area contributed by atoms with E-state index in [2.05, 4.69) is 36.8 Å². The second-order valence-corrected chi connectivity index (χ2v) is 8.18. The number of thioether (sulfide) groups is 1. The number of hydrogen-bond donors (Lipinski definition) is 2. The Labute approximate surface area is 145 Å². The quantitative estimate of drug-likeness (QED) is 0.689. The van der Waals surface area contributed by atoms with E-state index >= 15 is 0 Å². The molecule has 8 heteroatoms. The van der Waals surface area contributed by atoms with Gasteiger partial charge in [-0.25, -0.2) is 0 Å². The lowest BCUT2D eigenvalue weighted by molar-refractivity contribution is -0.115. The van der Waals surface area contributed by atoms with E-state index in [1.807, 2.05) is 24.3 Å². The number of carbonyl (C=O) groups is 1. The van der Waals surface area contributed by atoms with Crippen LogP contribution < -0.4 is 10.6 Å². The van der Waals surface area contributed by atoms with Crippen LogP contribution in [0, 0.1) is 0 Å². The fourth-order valence-electron chi connectivity index (χ4n) is 1.72. The van der Waals surface area contributed by atoms with Gasteiger partial charge in [0, 0.05) is 28.4 Å². The molecule has 0 spiro atoms. The van der Waals surface area contributed by atoms with Crippen molar-refractivity contribution in [2.75, 3.05) is 16.4 Å². The Morgan fingerprint density at radius 3 is 2.82 bits per heavy atom. The van der Waals surface area contributed by atoms with E-state index in [0.29, 0.717) is 18.2 Å². The average molecular weight is 399 g/mol. The molecule has 3 rings (SSSR count). The lowest BCUT2D eigenvalue weighted by Crippen LogP contribution is -2.11. The third-order valence-corrected chi connectivity index (χ3v) is 5.51. The van der Waals surface area contributed by atoms with Crippen molar-refractivity contribution >= 4 is 55.8 Å². The molecule has 0 unspecified atom stereocenters. The van der Waals surface area contributed by atoms with Crippen molar-refractivity contribution in [3.63, 3.8) is 0 Å².